The van der Waals surface area contributed by atoms with Crippen molar-refractivity contribution in [2.24, 2.45) is 0 Å². The van der Waals surface area contributed by atoms with Crippen LogP contribution in [0.1, 0.15) is 26.3 Å². The van der Waals surface area contributed by atoms with Gasteiger partial charge in [0.15, 0.2) is 0 Å². The number of benzene rings is 2. The SMILES string of the molecule is CN(C)c1ccc(C=CCN2C(=O)c3ccccc3C2=O)cc1. The third kappa shape index (κ3) is 2.88. The minimum atomic E-state index is -0.224. The van der Waals surface area contributed by atoms with Crippen LogP contribution < -0.4 is 4.90 Å². The first-order chi connectivity index (χ1) is 11.1. The lowest BCUT2D eigenvalue weighted by Crippen LogP contribution is -2.29. The summed E-state index contributed by atoms with van der Waals surface area (Å²) in [4.78, 5) is 27.8. The molecule has 0 fully saturated rings. The summed E-state index contributed by atoms with van der Waals surface area (Å²) in [7, 11) is 3.99. The molecule has 4 nitrogen and oxygen atoms in total. The molecule has 116 valence electrons. The lowest BCUT2D eigenvalue weighted by molar-refractivity contribution is 0.0672. The Bertz CT molecular complexity index is 741. The van der Waals surface area contributed by atoms with E-state index in [0.717, 1.165) is 11.3 Å². The summed E-state index contributed by atoms with van der Waals surface area (Å²) in [6.45, 7) is 0.280. The van der Waals surface area contributed by atoms with E-state index in [1.165, 1.54) is 4.90 Å². The molecule has 1 aliphatic rings. The second kappa shape index (κ2) is 6.08. The monoisotopic (exact) mass is 306 g/mol. The maximum absolute atomic E-state index is 12.2. The minimum Gasteiger partial charge on any atom is -0.378 e. The van der Waals surface area contributed by atoms with Gasteiger partial charge in [-0.15, -0.1) is 0 Å². The molecule has 0 radical (unpaired) electrons. The minimum absolute atomic E-state index is 0.224. The molecule has 1 aliphatic heterocycles. The molecule has 0 saturated carbocycles. The highest BCUT2D eigenvalue weighted by atomic mass is 16.2. The van der Waals surface area contributed by atoms with Gasteiger partial charge in [0.2, 0.25) is 0 Å². The summed E-state index contributed by atoms with van der Waals surface area (Å²) in [5.41, 5.74) is 3.14. The first-order valence-corrected chi connectivity index (χ1v) is 7.47. The Morgan fingerprint density at radius 1 is 0.913 bits per heavy atom. The van der Waals surface area contributed by atoms with Crippen LogP contribution in [0, 0.1) is 0 Å². The van der Waals surface area contributed by atoms with E-state index in [2.05, 4.69) is 0 Å². The normalized spacial score (nSPS) is 13.7. The molecule has 4 heteroatoms. The van der Waals surface area contributed by atoms with E-state index in [0.29, 0.717) is 11.1 Å². The molecule has 23 heavy (non-hydrogen) atoms. The molecule has 1 heterocycles. The number of nitrogens with zero attached hydrogens (tertiary/aromatic N) is 2. The molecular weight excluding hydrogens is 288 g/mol. The number of carbonyl (C=O) groups excluding carboxylic acids is 2. The van der Waals surface area contributed by atoms with Gasteiger partial charge < -0.3 is 4.90 Å². The summed E-state index contributed by atoms with van der Waals surface area (Å²) in [6, 6.07) is 15.0. The number of rotatable bonds is 4. The Morgan fingerprint density at radius 3 is 2.00 bits per heavy atom. The molecular formula is C19H18N2O2. The highest BCUT2D eigenvalue weighted by Gasteiger charge is 2.33. The van der Waals surface area contributed by atoms with Crippen LogP contribution in [0.5, 0.6) is 0 Å². The second-order valence-corrected chi connectivity index (χ2v) is 5.65. The molecule has 3 rings (SSSR count). The maximum atomic E-state index is 12.2. The van der Waals surface area contributed by atoms with Gasteiger partial charge in [0, 0.05) is 26.3 Å². The second-order valence-electron chi connectivity index (χ2n) is 5.65. The Morgan fingerprint density at radius 2 is 1.48 bits per heavy atom. The Hall–Kier alpha value is -2.88. The van der Waals surface area contributed by atoms with Crippen molar-refractivity contribution in [1.82, 2.24) is 4.90 Å². The van der Waals surface area contributed by atoms with E-state index in [1.807, 2.05) is 55.4 Å². The van der Waals surface area contributed by atoms with Crippen molar-refractivity contribution < 1.29 is 9.59 Å². The zero-order chi connectivity index (χ0) is 16.4. The van der Waals surface area contributed by atoms with E-state index in [1.54, 1.807) is 24.3 Å². The number of carbonyl (C=O) groups is 2. The Kier molecular flexibility index (Phi) is 3.98. The predicted molar refractivity (Wildman–Crippen MR) is 91.6 cm³/mol. The molecule has 0 unspecified atom stereocenters. The number of hydrogen-bond acceptors (Lipinski definition) is 3. The molecule has 2 amide bonds. The fraction of sp³-hybridized carbons (Fsp3) is 0.158. The van der Waals surface area contributed by atoms with Gasteiger partial charge in [0.1, 0.15) is 0 Å². The highest BCUT2D eigenvalue weighted by molar-refractivity contribution is 6.21. The van der Waals surface area contributed by atoms with Gasteiger partial charge in [0.05, 0.1) is 11.1 Å². The van der Waals surface area contributed by atoms with Gasteiger partial charge in [-0.3, -0.25) is 14.5 Å². The number of fused-ring (bicyclic) bond motifs is 1. The van der Waals surface area contributed by atoms with Crippen LogP contribution in [0.2, 0.25) is 0 Å². The summed E-state index contributed by atoms with van der Waals surface area (Å²) in [6.07, 6.45) is 3.76. The summed E-state index contributed by atoms with van der Waals surface area (Å²) in [5, 5.41) is 0. The lowest BCUT2D eigenvalue weighted by atomic mass is 10.1. The largest absolute Gasteiger partial charge is 0.378 e. The van der Waals surface area contributed by atoms with Crippen molar-refractivity contribution in [3.8, 4) is 0 Å². The van der Waals surface area contributed by atoms with E-state index in [4.69, 9.17) is 0 Å². The third-order valence-corrected chi connectivity index (χ3v) is 3.89. The highest BCUT2D eigenvalue weighted by Crippen LogP contribution is 2.22. The molecule has 2 aromatic carbocycles. The van der Waals surface area contributed by atoms with Crippen molar-refractivity contribution in [1.29, 1.82) is 0 Å². The van der Waals surface area contributed by atoms with Crippen LogP contribution in [0.25, 0.3) is 6.08 Å². The molecule has 0 N–H and O–H groups in total. The fourth-order valence-electron chi connectivity index (χ4n) is 2.58. The van der Waals surface area contributed by atoms with Crippen molar-refractivity contribution in [2.75, 3.05) is 25.5 Å². The molecule has 0 saturated heterocycles. The van der Waals surface area contributed by atoms with E-state index in [9.17, 15) is 9.59 Å². The topological polar surface area (TPSA) is 40.6 Å². The van der Waals surface area contributed by atoms with Gasteiger partial charge in [0.25, 0.3) is 11.8 Å². The first kappa shape index (κ1) is 15.0. The zero-order valence-corrected chi connectivity index (χ0v) is 13.2. The van der Waals surface area contributed by atoms with E-state index >= 15 is 0 Å². The molecule has 0 bridgehead atoms. The summed E-state index contributed by atoms with van der Waals surface area (Å²) >= 11 is 0. The molecule has 0 atom stereocenters. The number of hydrogen-bond donors (Lipinski definition) is 0. The predicted octanol–water partition coefficient (Wildman–Crippen LogP) is 3.06. The van der Waals surface area contributed by atoms with E-state index < -0.39 is 0 Å². The van der Waals surface area contributed by atoms with E-state index in [-0.39, 0.29) is 18.4 Å². The van der Waals surface area contributed by atoms with Gasteiger partial charge >= 0.3 is 0 Å². The molecule has 0 aliphatic carbocycles. The maximum Gasteiger partial charge on any atom is 0.261 e. The molecule has 2 aromatic rings. The summed E-state index contributed by atoms with van der Waals surface area (Å²) < 4.78 is 0. The Labute approximate surface area is 135 Å². The number of anilines is 1. The number of amides is 2. The average molecular weight is 306 g/mol. The molecule has 0 spiro atoms. The van der Waals surface area contributed by atoms with Crippen molar-refractivity contribution in [3.05, 3.63) is 71.3 Å². The van der Waals surface area contributed by atoms with Crippen LogP contribution >= 0.6 is 0 Å². The van der Waals surface area contributed by atoms with Gasteiger partial charge in [-0.1, -0.05) is 36.4 Å². The zero-order valence-electron chi connectivity index (χ0n) is 13.2. The standard InChI is InChI=1S/C19H18N2O2/c1-20(2)15-11-9-14(10-12-15)6-5-13-21-18(22)16-7-3-4-8-17(16)19(21)23/h3-12H,13H2,1-2H3. The first-order valence-electron chi connectivity index (χ1n) is 7.47. The van der Waals surface area contributed by atoms with Crippen LogP contribution in [-0.4, -0.2) is 37.4 Å². The van der Waals surface area contributed by atoms with Crippen LogP contribution in [0.4, 0.5) is 5.69 Å². The fourth-order valence-corrected chi connectivity index (χ4v) is 2.58. The van der Waals surface area contributed by atoms with Gasteiger partial charge in [-0.25, -0.2) is 0 Å². The average Bonchev–Trinajstić information content (AvgIpc) is 2.81. The quantitative estimate of drug-likeness (QED) is 0.815. The van der Waals surface area contributed by atoms with Crippen molar-refractivity contribution >= 4 is 23.6 Å². The van der Waals surface area contributed by atoms with Crippen molar-refractivity contribution in [2.45, 2.75) is 0 Å². The smallest absolute Gasteiger partial charge is 0.261 e. The third-order valence-electron chi connectivity index (χ3n) is 3.89. The Balaban J connectivity index is 1.69. The van der Waals surface area contributed by atoms with Crippen LogP contribution in [0.3, 0.4) is 0 Å². The van der Waals surface area contributed by atoms with Crippen LogP contribution in [0.15, 0.2) is 54.6 Å². The summed E-state index contributed by atoms with van der Waals surface area (Å²) in [5.74, 6) is -0.448. The van der Waals surface area contributed by atoms with Crippen LogP contribution in [-0.2, 0) is 0 Å². The lowest BCUT2D eigenvalue weighted by Gasteiger charge is -2.12. The van der Waals surface area contributed by atoms with Gasteiger partial charge in [-0.2, -0.15) is 0 Å². The van der Waals surface area contributed by atoms with Gasteiger partial charge in [-0.05, 0) is 29.8 Å². The van der Waals surface area contributed by atoms with Crippen molar-refractivity contribution in [3.63, 3.8) is 0 Å². The molecule has 0 aromatic heterocycles. The number of imide groups is 1.